The van der Waals surface area contributed by atoms with E-state index in [1.807, 2.05) is 0 Å². The molecule has 14 valence electrons. The van der Waals surface area contributed by atoms with Gasteiger partial charge in [0.15, 0.2) is 0 Å². The van der Waals surface area contributed by atoms with Gasteiger partial charge in [-0.15, -0.1) is 0 Å². The van der Waals surface area contributed by atoms with Crippen LogP contribution < -0.4 is 0 Å². The van der Waals surface area contributed by atoms with Crippen LogP contribution in [0, 0.1) is 0 Å². The standard InChI is InChI=1S/7Na.7H. The summed E-state index contributed by atoms with van der Waals surface area (Å²) < 4.78 is 0. The fraction of sp³-hybridized carbons (Fsp3) is 0. The molecule has 0 saturated heterocycles. The van der Waals surface area contributed by atoms with Gasteiger partial charge < -0.3 is 0 Å². The molecule has 0 amide bonds. The van der Waals surface area contributed by atoms with Gasteiger partial charge in [0.05, 0.1) is 0 Å². The van der Waals surface area contributed by atoms with Gasteiger partial charge in [0.2, 0.25) is 0 Å². The van der Waals surface area contributed by atoms with Crippen molar-refractivity contribution in [2.45, 2.75) is 0 Å². The van der Waals surface area contributed by atoms with E-state index in [1.54, 1.807) is 0 Å². The quantitative estimate of drug-likeness (QED) is 0.319. The summed E-state index contributed by atoms with van der Waals surface area (Å²) in [5, 5.41) is 0. The maximum absolute atomic E-state index is 0. The normalized spacial score (nSPS) is 0. The van der Waals surface area contributed by atoms with Crippen molar-refractivity contribution < 1.29 is 0 Å². The molecular weight excluding hydrogens is 161 g/mol. The summed E-state index contributed by atoms with van der Waals surface area (Å²) in [6, 6.07) is 0. The molecule has 0 bridgehead atoms. The van der Waals surface area contributed by atoms with Crippen LogP contribution in [-0.4, -0.2) is 207 Å². The van der Waals surface area contributed by atoms with E-state index >= 15 is 0 Å². The van der Waals surface area contributed by atoms with Gasteiger partial charge in [-0.2, -0.15) is 0 Å². The van der Waals surface area contributed by atoms with Gasteiger partial charge in [-0.3, -0.25) is 0 Å². The first-order chi connectivity index (χ1) is 0. The maximum atomic E-state index is 0. The van der Waals surface area contributed by atoms with Crippen LogP contribution in [-0.2, 0) is 0 Å². The van der Waals surface area contributed by atoms with Crippen molar-refractivity contribution in [1.29, 1.82) is 0 Å². The molecule has 0 aromatic heterocycles. The topological polar surface area (TPSA) is 0 Å². The molecule has 0 radical (unpaired) electrons. The van der Waals surface area contributed by atoms with E-state index in [4.69, 9.17) is 0 Å². The molecule has 0 N–H and O–H groups in total. The molecule has 0 saturated carbocycles. The predicted molar refractivity (Wildman–Crippen MR) is 50.0 cm³/mol. The Hall–Kier alpha value is 7.00. The summed E-state index contributed by atoms with van der Waals surface area (Å²) in [5.41, 5.74) is 0. The van der Waals surface area contributed by atoms with Crippen molar-refractivity contribution in [2.24, 2.45) is 0 Å². The van der Waals surface area contributed by atoms with Crippen LogP contribution in [0.2, 0.25) is 0 Å². The van der Waals surface area contributed by atoms with Gasteiger partial charge in [0.1, 0.15) is 0 Å². The Morgan fingerprint density at radius 3 is 0.143 bits per heavy atom. The van der Waals surface area contributed by atoms with Gasteiger partial charge in [-0.1, -0.05) is 0 Å². The zero-order valence-corrected chi connectivity index (χ0v) is 0. The summed E-state index contributed by atoms with van der Waals surface area (Å²) in [7, 11) is 0. The van der Waals surface area contributed by atoms with Crippen molar-refractivity contribution in [1.82, 2.24) is 0 Å². The molecule has 7 heteroatoms. The van der Waals surface area contributed by atoms with E-state index in [9.17, 15) is 0 Å². The van der Waals surface area contributed by atoms with Gasteiger partial charge in [-0.05, 0) is 0 Å². The molecule has 0 spiro atoms. The van der Waals surface area contributed by atoms with Crippen molar-refractivity contribution in [3.05, 3.63) is 0 Å². The van der Waals surface area contributed by atoms with Crippen LogP contribution in [0.15, 0.2) is 0 Å². The third-order valence-corrected chi connectivity index (χ3v) is 0. The molecule has 0 nitrogen and oxygen atoms in total. The second-order valence-corrected chi connectivity index (χ2v) is 0. The Bertz CT molecular complexity index is 0. The van der Waals surface area contributed by atoms with Crippen LogP contribution in [0.5, 0.6) is 0 Å². The van der Waals surface area contributed by atoms with Crippen molar-refractivity contribution in [2.75, 3.05) is 0 Å². The van der Waals surface area contributed by atoms with Crippen LogP contribution in [0.25, 0.3) is 0 Å². The van der Waals surface area contributed by atoms with Crippen molar-refractivity contribution in [3.63, 3.8) is 0 Å². The third kappa shape index (κ3) is 32.1. The Kier molecular flexibility index (Phi) is 264. The Morgan fingerprint density at radius 2 is 0.143 bits per heavy atom. The first-order valence-electron chi connectivity index (χ1n) is 0. The third-order valence-electron chi connectivity index (χ3n) is 0. The fourth-order valence-electron chi connectivity index (χ4n) is 0. The van der Waals surface area contributed by atoms with E-state index in [-0.39, 0.29) is 207 Å². The van der Waals surface area contributed by atoms with Crippen LogP contribution in [0.1, 0.15) is 0 Å². The summed E-state index contributed by atoms with van der Waals surface area (Å²) in [4.78, 5) is 0. The van der Waals surface area contributed by atoms with Gasteiger partial charge in [-0.25, -0.2) is 0 Å². The first kappa shape index (κ1) is 48.3. The van der Waals surface area contributed by atoms with Crippen LogP contribution >= 0.6 is 0 Å². The molecule has 0 aliphatic heterocycles. The van der Waals surface area contributed by atoms with Crippen molar-refractivity contribution >= 4 is 207 Å². The van der Waals surface area contributed by atoms with E-state index < -0.39 is 0 Å². The fourth-order valence-corrected chi connectivity index (χ4v) is 0. The average molecular weight is 168 g/mol. The number of hydrogen-bond donors (Lipinski definition) is 0. The zero-order valence-electron chi connectivity index (χ0n) is 0. The van der Waals surface area contributed by atoms with Gasteiger partial charge in [0.25, 0.3) is 0 Å². The molecule has 0 atom stereocenters. The molecule has 0 aliphatic carbocycles. The van der Waals surface area contributed by atoms with Crippen molar-refractivity contribution in [3.8, 4) is 0 Å². The molecule has 0 fully saturated rings. The SMILES string of the molecule is [NaH].[NaH].[NaH].[NaH].[NaH].[NaH].[NaH]. The van der Waals surface area contributed by atoms with Gasteiger partial charge >= 0.3 is 207 Å². The van der Waals surface area contributed by atoms with Gasteiger partial charge in [0, 0.05) is 0 Å². The summed E-state index contributed by atoms with van der Waals surface area (Å²) in [5.74, 6) is 0. The van der Waals surface area contributed by atoms with E-state index in [0.717, 1.165) is 0 Å². The van der Waals surface area contributed by atoms with Crippen LogP contribution in [0.3, 0.4) is 0 Å². The van der Waals surface area contributed by atoms with E-state index in [1.165, 1.54) is 0 Å². The summed E-state index contributed by atoms with van der Waals surface area (Å²) in [6.07, 6.45) is 0. The predicted octanol–water partition coefficient (Wildman–Crippen LogP) is -4.54. The monoisotopic (exact) mass is 168 g/mol. The minimum atomic E-state index is 0. The van der Waals surface area contributed by atoms with E-state index in [2.05, 4.69) is 0 Å². The molecule has 7 heavy (non-hydrogen) atoms. The molecule has 0 aliphatic rings. The zero-order chi connectivity index (χ0) is 0. The second kappa shape index (κ2) is 38.2. The summed E-state index contributed by atoms with van der Waals surface area (Å²) >= 11 is 0. The number of hydrogen-bond acceptors (Lipinski definition) is 0. The first-order valence-corrected chi connectivity index (χ1v) is 0. The molecule has 0 aromatic rings. The summed E-state index contributed by atoms with van der Waals surface area (Å²) in [6.45, 7) is 0. The molecule has 0 aromatic carbocycles. The van der Waals surface area contributed by atoms with E-state index in [0.29, 0.717) is 0 Å². The minimum absolute atomic E-state index is 0. The number of rotatable bonds is 0. The second-order valence-electron chi connectivity index (χ2n) is 0. The molecular formula is H7Na7. The Balaban J connectivity index is 0. The molecule has 0 unspecified atom stereocenters. The molecule has 0 heterocycles. The Morgan fingerprint density at radius 1 is 0.143 bits per heavy atom. The Labute approximate surface area is 200 Å². The average Bonchev–Trinajstić information content (AvgIpc) is 0. The van der Waals surface area contributed by atoms with Crippen LogP contribution in [0.4, 0.5) is 0 Å². The molecule has 0 rings (SSSR count).